The lowest BCUT2D eigenvalue weighted by atomic mass is 10.2. The fourth-order valence-electron chi connectivity index (χ4n) is 2.48. The molecule has 0 saturated heterocycles. The fourth-order valence-corrected chi connectivity index (χ4v) is 4.53. The molecule has 31 heavy (non-hydrogen) atoms. The van der Waals surface area contributed by atoms with Crippen molar-refractivity contribution in [2.75, 3.05) is 15.8 Å². The van der Waals surface area contributed by atoms with Gasteiger partial charge < -0.3 is 5.32 Å². The Kier molecular flexibility index (Phi) is 7.77. The lowest BCUT2D eigenvalue weighted by Crippen LogP contribution is -2.16. The molecule has 0 bridgehead atoms. The molecule has 0 fully saturated rings. The van der Waals surface area contributed by atoms with Crippen molar-refractivity contribution in [1.29, 1.82) is 0 Å². The number of anilines is 2. The van der Waals surface area contributed by atoms with Crippen molar-refractivity contribution in [1.82, 2.24) is 9.97 Å². The summed E-state index contributed by atoms with van der Waals surface area (Å²) >= 11 is 13.3. The number of benzene rings is 2. The molecule has 2 aromatic carbocycles. The van der Waals surface area contributed by atoms with E-state index < -0.39 is 10.0 Å². The molecule has 0 saturated carbocycles. The Morgan fingerprint density at radius 3 is 2.48 bits per heavy atom. The molecule has 0 aliphatic heterocycles. The number of rotatable bonds is 8. The van der Waals surface area contributed by atoms with Crippen molar-refractivity contribution in [2.45, 2.75) is 17.6 Å². The maximum Gasteiger partial charge on any atom is 0.264 e. The van der Waals surface area contributed by atoms with E-state index >= 15 is 0 Å². The number of carbonyl (C=O) groups excluding carboxylic acids is 1. The maximum absolute atomic E-state index is 12.5. The summed E-state index contributed by atoms with van der Waals surface area (Å²) < 4.78 is 27.3. The van der Waals surface area contributed by atoms with Gasteiger partial charge in [0.05, 0.1) is 20.7 Å². The van der Waals surface area contributed by atoms with Gasteiger partial charge in [-0.25, -0.2) is 23.1 Å². The van der Waals surface area contributed by atoms with E-state index in [1.54, 1.807) is 25.1 Å². The second kappa shape index (κ2) is 10.3. The van der Waals surface area contributed by atoms with Gasteiger partial charge in [-0.05, 0) is 55.0 Å². The quantitative estimate of drug-likeness (QED) is 0.465. The van der Waals surface area contributed by atoms with Crippen LogP contribution in [0.4, 0.5) is 11.6 Å². The summed E-state index contributed by atoms with van der Waals surface area (Å²) in [5, 5.41) is 3.70. The normalized spacial score (nSPS) is 11.2. The van der Waals surface area contributed by atoms with Crippen molar-refractivity contribution in [2.24, 2.45) is 0 Å². The lowest BCUT2D eigenvalue weighted by Gasteiger charge is -2.09. The number of nitrogens with one attached hydrogen (secondary N) is 2. The summed E-state index contributed by atoms with van der Waals surface area (Å²) in [6.45, 7) is 1.74. The second-order valence-electron chi connectivity index (χ2n) is 6.44. The molecule has 1 amide bonds. The summed E-state index contributed by atoms with van der Waals surface area (Å²) in [5.41, 5.74) is 2.10. The Balaban J connectivity index is 1.53. The van der Waals surface area contributed by atoms with E-state index in [0.717, 1.165) is 5.56 Å². The van der Waals surface area contributed by atoms with Crippen LogP contribution in [-0.2, 0) is 20.6 Å². The van der Waals surface area contributed by atoms with Gasteiger partial charge in [-0.3, -0.25) is 4.79 Å². The van der Waals surface area contributed by atoms with E-state index in [-0.39, 0.29) is 22.5 Å². The first-order chi connectivity index (χ1) is 14.7. The number of hydrogen-bond acceptors (Lipinski definition) is 6. The van der Waals surface area contributed by atoms with Crippen molar-refractivity contribution < 1.29 is 13.2 Å². The van der Waals surface area contributed by atoms with Gasteiger partial charge in [0.2, 0.25) is 11.9 Å². The average Bonchev–Trinajstić information content (AvgIpc) is 2.71. The van der Waals surface area contributed by atoms with Crippen LogP contribution in [0, 0.1) is 6.92 Å². The van der Waals surface area contributed by atoms with Crippen LogP contribution in [0.2, 0.25) is 10.0 Å². The summed E-state index contributed by atoms with van der Waals surface area (Å²) in [4.78, 5) is 20.1. The third kappa shape index (κ3) is 6.83. The summed E-state index contributed by atoms with van der Waals surface area (Å²) in [6.07, 6.45) is 1.47. The van der Waals surface area contributed by atoms with Crippen molar-refractivity contribution in [3.8, 4) is 0 Å². The zero-order chi connectivity index (χ0) is 22.4. The van der Waals surface area contributed by atoms with Crippen LogP contribution < -0.4 is 10.0 Å². The molecule has 7 nitrogen and oxygen atoms in total. The Morgan fingerprint density at radius 2 is 1.81 bits per heavy atom. The van der Waals surface area contributed by atoms with Gasteiger partial charge in [0, 0.05) is 23.3 Å². The highest BCUT2D eigenvalue weighted by molar-refractivity contribution is 7.99. The van der Waals surface area contributed by atoms with Gasteiger partial charge in [-0.15, -0.1) is 11.8 Å². The largest absolute Gasteiger partial charge is 0.325 e. The Labute approximate surface area is 194 Å². The van der Waals surface area contributed by atoms with Crippen LogP contribution in [0.3, 0.4) is 0 Å². The number of sulfonamides is 1. The number of thioether (sulfide) groups is 1. The molecule has 0 unspecified atom stereocenters. The first-order valence-electron chi connectivity index (χ1n) is 8.97. The average molecular weight is 497 g/mol. The number of carbonyl (C=O) groups is 1. The molecule has 0 aliphatic carbocycles. The standard InChI is InChI=1S/C20H18Cl2N4O3S2/c1-13-8-9-23-20(24-13)26-31(28,29)16-5-3-15(4-6-16)25-19(27)12-30-11-14-2-7-17(21)18(22)10-14/h2-10H,11-12H2,1H3,(H,25,27)(H,23,24,26). The second-order valence-corrected chi connectivity index (χ2v) is 9.92. The first kappa shape index (κ1) is 23.3. The number of aryl methyl sites for hydroxylation is 1. The van der Waals surface area contributed by atoms with Gasteiger partial charge in [-0.1, -0.05) is 29.3 Å². The Bertz CT molecular complexity index is 1190. The molecule has 2 N–H and O–H groups in total. The van der Waals surface area contributed by atoms with Crippen molar-refractivity contribution in [3.05, 3.63) is 76.0 Å². The number of nitrogens with zero attached hydrogens (tertiary/aromatic N) is 2. The smallest absolute Gasteiger partial charge is 0.264 e. The number of amides is 1. The van der Waals surface area contributed by atoms with Crippen LogP contribution in [0.1, 0.15) is 11.3 Å². The molecule has 0 aliphatic rings. The first-order valence-corrected chi connectivity index (χ1v) is 12.4. The third-order valence-electron chi connectivity index (χ3n) is 3.95. The van der Waals surface area contributed by atoms with Crippen LogP contribution >= 0.6 is 35.0 Å². The maximum atomic E-state index is 12.5. The van der Waals surface area contributed by atoms with E-state index in [2.05, 4.69) is 20.0 Å². The fraction of sp³-hybridized carbons (Fsp3) is 0.150. The van der Waals surface area contributed by atoms with Gasteiger partial charge in [0.25, 0.3) is 10.0 Å². The Hall–Kier alpha value is -2.33. The van der Waals surface area contributed by atoms with Crippen molar-refractivity contribution >= 4 is 62.5 Å². The predicted octanol–water partition coefficient (Wildman–Crippen LogP) is 4.76. The minimum atomic E-state index is -3.84. The molecule has 11 heteroatoms. The highest BCUT2D eigenvalue weighted by Gasteiger charge is 2.16. The monoisotopic (exact) mass is 496 g/mol. The zero-order valence-electron chi connectivity index (χ0n) is 16.3. The molecule has 1 aromatic heterocycles. The minimum Gasteiger partial charge on any atom is -0.325 e. The number of aromatic nitrogens is 2. The highest BCUT2D eigenvalue weighted by atomic mass is 35.5. The lowest BCUT2D eigenvalue weighted by molar-refractivity contribution is -0.113. The van der Waals surface area contributed by atoms with Gasteiger partial charge in [0.15, 0.2) is 0 Å². The van der Waals surface area contributed by atoms with Crippen molar-refractivity contribution in [3.63, 3.8) is 0 Å². The number of halogens is 2. The molecule has 0 spiro atoms. The topological polar surface area (TPSA) is 101 Å². The molecule has 1 heterocycles. The number of hydrogen-bond donors (Lipinski definition) is 2. The molecular formula is C20H18Cl2N4O3S2. The third-order valence-corrected chi connectivity index (χ3v) is 7.04. The van der Waals surface area contributed by atoms with E-state index in [1.165, 1.54) is 42.2 Å². The highest BCUT2D eigenvalue weighted by Crippen LogP contribution is 2.25. The summed E-state index contributed by atoms with van der Waals surface area (Å²) in [7, 11) is -3.84. The molecule has 3 rings (SSSR count). The van der Waals surface area contributed by atoms with E-state index in [9.17, 15) is 13.2 Å². The minimum absolute atomic E-state index is 0.00335. The zero-order valence-corrected chi connectivity index (χ0v) is 19.4. The van der Waals surface area contributed by atoms with E-state index in [4.69, 9.17) is 23.2 Å². The summed E-state index contributed by atoms with van der Waals surface area (Å²) in [5.74, 6) is 0.629. The SMILES string of the molecule is Cc1ccnc(NS(=O)(=O)c2ccc(NC(=O)CSCc3ccc(Cl)c(Cl)c3)cc2)n1. The van der Waals surface area contributed by atoms with E-state index in [0.29, 0.717) is 27.2 Å². The summed E-state index contributed by atoms with van der Waals surface area (Å²) in [6, 6.07) is 12.8. The molecule has 162 valence electrons. The molecule has 0 radical (unpaired) electrons. The molecule has 3 aromatic rings. The van der Waals surface area contributed by atoms with E-state index in [1.807, 2.05) is 6.07 Å². The van der Waals surface area contributed by atoms with Gasteiger partial charge in [-0.2, -0.15) is 0 Å². The van der Waals surface area contributed by atoms with Crippen LogP contribution in [-0.4, -0.2) is 30.0 Å². The van der Waals surface area contributed by atoms with Crippen LogP contribution in [0.5, 0.6) is 0 Å². The van der Waals surface area contributed by atoms with Crippen LogP contribution in [0.15, 0.2) is 59.6 Å². The molecular weight excluding hydrogens is 479 g/mol. The Morgan fingerprint density at radius 1 is 1.06 bits per heavy atom. The van der Waals surface area contributed by atoms with Crippen LogP contribution in [0.25, 0.3) is 0 Å². The van der Waals surface area contributed by atoms with Gasteiger partial charge in [0.1, 0.15) is 0 Å². The van der Waals surface area contributed by atoms with Gasteiger partial charge >= 0.3 is 0 Å². The molecule has 0 atom stereocenters. The predicted molar refractivity (Wildman–Crippen MR) is 125 cm³/mol.